The van der Waals surface area contributed by atoms with Gasteiger partial charge in [-0.15, -0.1) is 0 Å². The molecule has 2 rings (SSSR count). The predicted octanol–water partition coefficient (Wildman–Crippen LogP) is 3.89. The van der Waals surface area contributed by atoms with Crippen LogP contribution in [0.3, 0.4) is 0 Å². The van der Waals surface area contributed by atoms with Crippen molar-refractivity contribution in [1.82, 2.24) is 19.4 Å². The van der Waals surface area contributed by atoms with E-state index in [1.54, 1.807) is 27.9 Å². The number of aromatic nitrogens is 2. The van der Waals surface area contributed by atoms with E-state index in [1.807, 2.05) is 32.8 Å². The Morgan fingerprint density at radius 3 is 2.55 bits per heavy atom. The van der Waals surface area contributed by atoms with Gasteiger partial charge in [0, 0.05) is 38.4 Å². The van der Waals surface area contributed by atoms with E-state index in [9.17, 15) is 18.0 Å². The lowest BCUT2D eigenvalue weighted by atomic mass is 10.1. The molecular formula is C21H29F3N4O. The van der Waals surface area contributed by atoms with Crippen LogP contribution in [0.25, 0.3) is 0 Å². The highest BCUT2D eigenvalue weighted by atomic mass is 19.4. The largest absolute Gasteiger partial charge is 0.416 e. The van der Waals surface area contributed by atoms with E-state index in [4.69, 9.17) is 0 Å². The number of benzene rings is 1. The average molecular weight is 410 g/mol. The first-order chi connectivity index (χ1) is 13.6. The molecule has 5 nitrogen and oxygen atoms in total. The highest BCUT2D eigenvalue weighted by molar-refractivity contribution is 5.76. The molecule has 0 aliphatic rings. The van der Waals surface area contributed by atoms with Crippen molar-refractivity contribution in [2.75, 3.05) is 27.2 Å². The third-order valence-corrected chi connectivity index (χ3v) is 4.49. The molecule has 0 saturated carbocycles. The molecule has 0 bridgehead atoms. The maximum atomic E-state index is 13.0. The normalized spacial score (nSPS) is 12.0. The van der Waals surface area contributed by atoms with Crippen LogP contribution in [-0.4, -0.2) is 52.4 Å². The number of carbonyl (C=O) groups is 1. The molecular weight excluding hydrogens is 381 g/mol. The Morgan fingerprint density at radius 1 is 1.21 bits per heavy atom. The van der Waals surface area contributed by atoms with E-state index >= 15 is 0 Å². The van der Waals surface area contributed by atoms with E-state index in [0.29, 0.717) is 30.9 Å². The topological polar surface area (TPSA) is 41.4 Å². The van der Waals surface area contributed by atoms with Gasteiger partial charge in [-0.1, -0.05) is 26.0 Å². The molecule has 0 fully saturated rings. The number of amides is 1. The van der Waals surface area contributed by atoms with Crippen LogP contribution in [0.15, 0.2) is 36.7 Å². The van der Waals surface area contributed by atoms with Gasteiger partial charge in [-0.2, -0.15) is 13.2 Å². The molecule has 0 unspecified atom stereocenters. The Balaban J connectivity index is 2.17. The van der Waals surface area contributed by atoms with Crippen LogP contribution in [-0.2, 0) is 24.1 Å². The minimum Gasteiger partial charge on any atom is -0.334 e. The highest BCUT2D eigenvalue weighted by Gasteiger charge is 2.30. The van der Waals surface area contributed by atoms with Gasteiger partial charge in [-0.25, -0.2) is 4.98 Å². The number of alkyl halides is 3. The molecule has 1 amide bonds. The summed E-state index contributed by atoms with van der Waals surface area (Å²) in [4.78, 5) is 20.8. The summed E-state index contributed by atoms with van der Waals surface area (Å²) in [6.07, 6.45) is -0.589. The second-order valence-corrected chi connectivity index (χ2v) is 7.89. The first-order valence-corrected chi connectivity index (χ1v) is 9.65. The Hall–Kier alpha value is -2.35. The van der Waals surface area contributed by atoms with Crippen LogP contribution < -0.4 is 0 Å². The summed E-state index contributed by atoms with van der Waals surface area (Å²) < 4.78 is 40.7. The lowest BCUT2D eigenvalue weighted by Gasteiger charge is -2.25. The second-order valence-electron chi connectivity index (χ2n) is 7.89. The lowest BCUT2D eigenvalue weighted by Crippen LogP contribution is -2.37. The van der Waals surface area contributed by atoms with E-state index in [0.717, 1.165) is 18.7 Å². The van der Waals surface area contributed by atoms with Crippen LogP contribution >= 0.6 is 0 Å². The fourth-order valence-corrected chi connectivity index (χ4v) is 2.94. The van der Waals surface area contributed by atoms with Gasteiger partial charge in [-0.05, 0) is 37.7 Å². The van der Waals surface area contributed by atoms with Crippen molar-refractivity contribution < 1.29 is 18.0 Å². The molecule has 29 heavy (non-hydrogen) atoms. The highest BCUT2D eigenvalue weighted by Crippen LogP contribution is 2.29. The van der Waals surface area contributed by atoms with Crippen molar-refractivity contribution in [2.45, 2.75) is 39.5 Å². The number of halogens is 3. The summed E-state index contributed by atoms with van der Waals surface area (Å²) in [6, 6.07) is 5.28. The third-order valence-electron chi connectivity index (χ3n) is 4.49. The van der Waals surface area contributed by atoms with Crippen LogP contribution in [0, 0.1) is 5.92 Å². The van der Waals surface area contributed by atoms with Gasteiger partial charge in [0.2, 0.25) is 5.91 Å². The molecule has 0 aliphatic heterocycles. The molecule has 1 aromatic carbocycles. The molecule has 0 aliphatic carbocycles. The molecule has 0 atom stereocenters. The molecule has 0 spiro atoms. The van der Waals surface area contributed by atoms with Crippen LogP contribution in [0.5, 0.6) is 0 Å². The van der Waals surface area contributed by atoms with Crippen LogP contribution in [0.1, 0.15) is 37.2 Å². The van der Waals surface area contributed by atoms with Gasteiger partial charge in [-0.3, -0.25) is 4.79 Å². The zero-order chi connectivity index (χ0) is 21.6. The smallest absolute Gasteiger partial charge is 0.334 e. The molecule has 2 aromatic rings. The van der Waals surface area contributed by atoms with E-state index in [2.05, 4.69) is 4.98 Å². The summed E-state index contributed by atoms with van der Waals surface area (Å²) in [5.74, 6) is 0.947. The SMILES string of the molecule is CC(C)CC(=O)N(CCN(C)C)Cc1nccn1Cc1cccc(C(F)(F)F)c1. The second kappa shape index (κ2) is 9.91. The summed E-state index contributed by atoms with van der Waals surface area (Å²) in [6.45, 7) is 5.87. The molecule has 160 valence electrons. The van der Waals surface area contributed by atoms with Crippen molar-refractivity contribution in [3.63, 3.8) is 0 Å². The number of nitrogens with zero attached hydrogens (tertiary/aromatic N) is 4. The summed E-state index contributed by atoms with van der Waals surface area (Å²) in [5.41, 5.74) is -0.135. The molecule has 0 saturated heterocycles. The number of hydrogen-bond donors (Lipinski definition) is 0. The van der Waals surface area contributed by atoms with Crippen molar-refractivity contribution in [2.24, 2.45) is 5.92 Å². The first kappa shape index (κ1) is 22.9. The van der Waals surface area contributed by atoms with Crippen LogP contribution in [0.2, 0.25) is 0 Å². The van der Waals surface area contributed by atoms with Gasteiger partial charge in [0.25, 0.3) is 0 Å². The average Bonchev–Trinajstić information content (AvgIpc) is 3.04. The van der Waals surface area contributed by atoms with E-state index in [1.165, 1.54) is 6.07 Å². The number of rotatable bonds is 9. The maximum Gasteiger partial charge on any atom is 0.416 e. The zero-order valence-electron chi connectivity index (χ0n) is 17.4. The van der Waals surface area contributed by atoms with Crippen molar-refractivity contribution in [3.05, 3.63) is 53.6 Å². The van der Waals surface area contributed by atoms with E-state index in [-0.39, 0.29) is 18.4 Å². The van der Waals surface area contributed by atoms with Gasteiger partial charge < -0.3 is 14.4 Å². The van der Waals surface area contributed by atoms with Gasteiger partial charge in [0.1, 0.15) is 5.82 Å². The summed E-state index contributed by atoms with van der Waals surface area (Å²) in [5, 5.41) is 0. The number of likely N-dealkylation sites (N-methyl/N-ethyl adjacent to an activating group) is 1. The number of imidazole rings is 1. The minimum absolute atomic E-state index is 0.0514. The molecule has 0 N–H and O–H groups in total. The molecule has 0 radical (unpaired) electrons. The fraction of sp³-hybridized carbons (Fsp3) is 0.524. The van der Waals surface area contributed by atoms with Crippen molar-refractivity contribution in [3.8, 4) is 0 Å². The Morgan fingerprint density at radius 2 is 1.93 bits per heavy atom. The summed E-state index contributed by atoms with van der Waals surface area (Å²) >= 11 is 0. The van der Waals surface area contributed by atoms with Crippen molar-refractivity contribution in [1.29, 1.82) is 0 Å². The summed E-state index contributed by atoms with van der Waals surface area (Å²) in [7, 11) is 3.89. The lowest BCUT2D eigenvalue weighted by molar-refractivity contribution is -0.137. The Labute approximate surface area is 170 Å². The zero-order valence-corrected chi connectivity index (χ0v) is 17.4. The van der Waals surface area contributed by atoms with Gasteiger partial charge >= 0.3 is 6.18 Å². The first-order valence-electron chi connectivity index (χ1n) is 9.65. The van der Waals surface area contributed by atoms with Gasteiger partial charge in [0.15, 0.2) is 0 Å². The Bertz CT molecular complexity index is 799. The van der Waals surface area contributed by atoms with Crippen molar-refractivity contribution >= 4 is 5.91 Å². The Kier molecular flexibility index (Phi) is 7.84. The molecule has 8 heteroatoms. The van der Waals surface area contributed by atoms with E-state index < -0.39 is 11.7 Å². The third kappa shape index (κ3) is 7.20. The van der Waals surface area contributed by atoms with Crippen LogP contribution in [0.4, 0.5) is 13.2 Å². The predicted molar refractivity (Wildman–Crippen MR) is 106 cm³/mol. The van der Waals surface area contributed by atoms with Gasteiger partial charge in [0.05, 0.1) is 12.1 Å². The number of hydrogen-bond acceptors (Lipinski definition) is 3. The monoisotopic (exact) mass is 410 g/mol. The standard InChI is InChI=1S/C21H29F3N4O/c1-16(2)12-20(29)28(11-10-26(3)4)15-19-25-8-9-27(19)14-17-6-5-7-18(13-17)21(22,23)24/h5-9,13,16H,10-12,14-15H2,1-4H3. The maximum absolute atomic E-state index is 13.0. The quantitative estimate of drug-likeness (QED) is 0.630. The number of carbonyl (C=O) groups excluding carboxylic acids is 1. The minimum atomic E-state index is -4.37. The molecule has 1 heterocycles. The fourth-order valence-electron chi connectivity index (χ4n) is 2.94. The molecule has 1 aromatic heterocycles.